The Morgan fingerprint density at radius 3 is 2.33 bits per heavy atom. The van der Waals surface area contributed by atoms with Crippen molar-refractivity contribution in [1.29, 1.82) is 0 Å². The van der Waals surface area contributed by atoms with E-state index in [1.165, 1.54) is 16.5 Å². The number of hydrogen-bond acceptors (Lipinski definition) is 3. The van der Waals surface area contributed by atoms with E-state index in [0.717, 1.165) is 40.1 Å². The molecule has 0 radical (unpaired) electrons. The van der Waals surface area contributed by atoms with Gasteiger partial charge in [-0.05, 0) is 63.7 Å². The molecule has 0 N–H and O–H groups in total. The minimum Gasteiger partial charge on any atom is -0.223 e. The molecule has 0 fully saturated rings. The summed E-state index contributed by atoms with van der Waals surface area (Å²) in [7, 11) is -3.97. The van der Waals surface area contributed by atoms with Gasteiger partial charge in [0.25, 0.3) is 0 Å². The molecule has 0 saturated carbocycles. The summed E-state index contributed by atoms with van der Waals surface area (Å²) in [5.41, 5.74) is 4.83. The largest absolute Gasteiger partial charge is 0.416 e. The van der Waals surface area contributed by atoms with Gasteiger partial charge in [0.15, 0.2) is 9.84 Å². The fourth-order valence-corrected chi connectivity index (χ4v) is 6.74. The van der Waals surface area contributed by atoms with E-state index in [-0.39, 0.29) is 4.90 Å². The molecule has 4 aromatic carbocycles. The van der Waals surface area contributed by atoms with E-state index in [0.29, 0.717) is 11.6 Å². The molecule has 7 heteroatoms. The number of alkyl halides is 3. The van der Waals surface area contributed by atoms with Crippen LogP contribution in [-0.2, 0) is 27.5 Å². The normalized spacial score (nSPS) is 14.7. The molecule has 5 rings (SSSR count). The molecule has 0 saturated heterocycles. The zero-order valence-corrected chi connectivity index (χ0v) is 20.6. The third-order valence-electron chi connectivity index (χ3n) is 6.01. The molecule has 36 heavy (non-hydrogen) atoms. The first kappa shape index (κ1) is 24.4. The van der Waals surface area contributed by atoms with Crippen molar-refractivity contribution in [1.82, 2.24) is 0 Å². The smallest absolute Gasteiger partial charge is 0.223 e. The summed E-state index contributed by atoms with van der Waals surface area (Å²) >= 11 is 1.78. The van der Waals surface area contributed by atoms with Crippen molar-refractivity contribution in [3.8, 4) is 0 Å². The Labute approximate surface area is 212 Å². The van der Waals surface area contributed by atoms with Crippen molar-refractivity contribution < 1.29 is 21.6 Å². The summed E-state index contributed by atoms with van der Waals surface area (Å²) in [5, 5.41) is 0. The fourth-order valence-electron chi connectivity index (χ4n) is 4.29. The molecule has 4 aromatic rings. The van der Waals surface area contributed by atoms with Gasteiger partial charge in [0, 0.05) is 10.6 Å². The van der Waals surface area contributed by atoms with Gasteiger partial charge in [-0.1, -0.05) is 72.8 Å². The van der Waals surface area contributed by atoms with Crippen molar-refractivity contribution in [3.63, 3.8) is 0 Å². The maximum absolute atomic E-state index is 13.1. The van der Waals surface area contributed by atoms with Gasteiger partial charge in [-0.2, -0.15) is 13.2 Å². The number of sulfone groups is 1. The third kappa shape index (κ3) is 5.13. The summed E-state index contributed by atoms with van der Waals surface area (Å²) in [6, 6.07) is 27.4. The lowest BCUT2D eigenvalue weighted by Gasteiger charge is -2.12. The molecule has 1 aliphatic heterocycles. The molecule has 1 aliphatic rings. The zero-order chi connectivity index (χ0) is 25.3. The summed E-state index contributed by atoms with van der Waals surface area (Å²) in [6.45, 7) is 0. The molecule has 0 aliphatic carbocycles. The maximum atomic E-state index is 13.1. The van der Waals surface area contributed by atoms with E-state index in [1.807, 2.05) is 36.4 Å². The number of thioether (sulfide) groups is 1. The maximum Gasteiger partial charge on any atom is 0.416 e. The summed E-state index contributed by atoms with van der Waals surface area (Å²) < 4.78 is 65.2. The van der Waals surface area contributed by atoms with E-state index < -0.39 is 27.3 Å². The first-order chi connectivity index (χ1) is 17.2. The number of fused-ring (bicyclic) bond motifs is 2. The molecule has 0 spiro atoms. The highest BCUT2D eigenvalue weighted by molar-refractivity contribution is 7.98. The van der Waals surface area contributed by atoms with Crippen LogP contribution in [0.1, 0.15) is 33.4 Å². The van der Waals surface area contributed by atoms with Gasteiger partial charge in [-0.3, -0.25) is 0 Å². The Hall–Kier alpha value is -3.29. The Morgan fingerprint density at radius 2 is 1.53 bits per heavy atom. The Balaban J connectivity index is 1.52. The van der Waals surface area contributed by atoms with Crippen LogP contribution in [0.15, 0.2) is 107 Å². The quantitative estimate of drug-likeness (QED) is 0.273. The van der Waals surface area contributed by atoms with Crippen LogP contribution in [-0.4, -0.2) is 8.42 Å². The molecule has 0 bridgehead atoms. The lowest BCUT2D eigenvalue weighted by molar-refractivity contribution is -0.137. The minimum absolute atomic E-state index is 0.343. The molecule has 0 aromatic heterocycles. The van der Waals surface area contributed by atoms with Crippen LogP contribution in [0.2, 0.25) is 0 Å². The van der Waals surface area contributed by atoms with Crippen molar-refractivity contribution >= 4 is 33.2 Å². The molecule has 1 heterocycles. The molecule has 0 atom stereocenters. The Kier molecular flexibility index (Phi) is 6.53. The second-order valence-corrected chi connectivity index (χ2v) is 11.5. The monoisotopic (exact) mass is 522 g/mol. The van der Waals surface area contributed by atoms with Crippen molar-refractivity contribution in [3.05, 3.63) is 130 Å². The SMILES string of the molecule is O=S(=O)(Cc1cccc(C=C2c3ccccc3CSc3ccccc32)c1)c1cccc(C(F)(F)F)c1. The van der Waals surface area contributed by atoms with Crippen LogP contribution in [0.3, 0.4) is 0 Å². The molecule has 0 unspecified atom stereocenters. The van der Waals surface area contributed by atoms with Gasteiger partial charge in [0.1, 0.15) is 0 Å². The second kappa shape index (κ2) is 9.64. The van der Waals surface area contributed by atoms with Gasteiger partial charge >= 0.3 is 6.18 Å². The number of halogens is 3. The van der Waals surface area contributed by atoms with E-state index >= 15 is 0 Å². The minimum atomic E-state index is -4.61. The van der Waals surface area contributed by atoms with Gasteiger partial charge in [-0.15, -0.1) is 11.8 Å². The molecule has 0 amide bonds. The predicted molar refractivity (Wildman–Crippen MR) is 138 cm³/mol. The highest BCUT2D eigenvalue weighted by Gasteiger charge is 2.31. The van der Waals surface area contributed by atoms with Crippen LogP contribution in [0, 0.1) is 0 Å². The average molecular weight is 523 g/mol. The summed E-state index contributed by atoms with van der Waals surface area (Å²) in [4.78, 5) is 0.827. The molecule has 2 nitrogen and oxygen atoms in total. The number of hydrogen-bond donors (Lipinski definition) is 0. The first-order valence-corrected chi connectivity index (χ1v) is 13.9. The summed E-state index contributed by atoms with van der Waals surface area (Å²) in [5.74, 6) is 0.453. The van der Waals surface area contributed by atoms with Crippen LogP contribution in [0.25, 0.3) is 11.6 Å². The lowest BCUT2D eigenvalue weighted by atomic mass is 9.92. The summed E-state index contributed by atoms with van der Waals surface area (Å²) in [6.07, 6.45) is -2.56. The van der Waals surface area contributed by atoms with E-state index in [4.69, 9.17) is 0 Å². The van der Waals surface area contributed by atoms with Crippen molar-refractivity contribution in [2.45, 2.75) is 27.5 Å². The predicted octanol–water partition coefficient (Wildman–Crippen LogP) is 7.87. The Bertz CT molecular complexity index is 1520. The van der Waals surface area contributed by atoms with E-state index in [1.54, 1.807) is 30.0 Å². The first-order valence-electron chi connectivity index (χ1n) is 11.2. The van der Waals surface area contributed by atoms with E-state index in [9.17, 15) is 21.6 Å². The average Bonchev–Trinajstić information content (AvgIpc) is 3.01. The number of rotatable bonds is 4. The van der Waals surface area contributed by atoms with Gasteiger partial charge in [0.05, 0.1) is 16.2 Å². The van der Waals surface area contributed by atoms with Gasteiger partial charge < -0.3 is 0 Å². The molecular weight excluding hydrogens is 501 g/mol. The third-order valence-corrected chi connectivity index (χ3v) is 8.82. The van der Waals surface area contributed by atoms with Crippen LogP contribution >= 0.6 is 11.8 Å². The Morgan fingerprint density at radius 1 is 0.806 bits per heavy atom. The lowest BCUT2D eigenvalue weighted by Crippen LogP contribution is -2.09. The zero-order valence-electron chi connectivity index (χ0n) is 19.0. The highest BCUT2D eigenvalue weighted by Crippen LogP contribution is 2.41. The molecule has 182 valence electrons. The van der Waals surface area contributed by atoms with E-state index in [2.05, 4.69) is 24.3 Å². The highest BCUT2D eigenvalue weighted by atomic mass is 32.2. The number of benzene rings is 4. The van der Waals surface area contributed by atoms with Crippen molar-refractivity contribution in [2.24, 2.45) is 0 Å². The standard InChI is InChI=1S/C29H21F3O2S2/c30-29(31,32)23-10-6-11-24(17-23)36(33,34)19-21-8-5-7-20(15-21)16-27-25-12-2-1-9-22(25)18-35-28-14-4-3-13-26(27)28/h1-17H,18-19H2. The van der Waals surface area contributed by atoms with Crippen LogP contribution in [0.5, 0.6) is 0 Å². The van der Waals surface area contributed by atoms with Gasteiger partial charge in [0.2, 0.25) is 0 Å². The van der Waals surface area contributed by atoms with Crippen LogP contribution < -0.4 is 0 Å². The van der Waals surface area contributed by atoms with Crippen LogP contribution in [0.4, 0.5) is 13.2 Å². The van der Waals surface area contributed by atoms with Gasteiger partial charge in [-0.25, -0.2) is 8.42 Å². The van der Waals surface area contributed by atoms with Crippen molar-refractivity contribution in [2.75, 3.05) is 0 Å². The molecular formula is C29H21F3O2S2. The fraction of sp³-hybridized carbons (Fsp3) is 0.103. The topological polar surface area (TPSA) is 34.1 Å². The second-order valence-electron chi connectivity index (χ2n) is 8.53.